The molecule has 0 aliphatic carbocycles. The van der Waals surface area contributed by atoms with E-state index in [1.165, 1.54) is 7.11 Å². The molecular weight excluding hydrogens is 396 g/mol. The number of carbonyl (C=O) groups is 3. The second kappa shape index (κ2) is 11.7. The summed E-state index contributed by atoms with van der Waals surface area (Å²) in [7, 11) is 1.28. The van der Waals surface area contributed by atoms with Crippen molar-refractivity contribution < 1.29 is 23.9 Å². The van der Waals surface area contributed by atoms with E-state index in [1.807, 2.05) is 61.5 Å². The zero-order valence-corrected chi connectivity index (χ0v) is 18.4. The summed E-state index contributed by atoms with van der Waals surface area (Å²) in [5, 5.41) is 5.32. The summed E-state index contributed by atoms with van der Waals surface area (Å²) in [5.41, 5.74) is 2.77. The molecule has 2 atom stereocenters. The van der Waals surface area contributed by atoms with Crippen LogP contribution < -0.4 is 10.6 Å². The van der Waals surface area contributed by atoms with Crippen molar-refractivity contribution >= 4 is 18.0 Å². The van der Waals surface area contributed by atoms with E-state index in [4.69, 9.17) is 9.47 Å². The second-order valence-electron chi connectivity index (χ2n) is 7.64. The third-order valence-electron chi connectivity index (χ3n) is 4.92. The molecule has 7 nitrogen and oxygen atoms in total. The molecule has 166 valence electrons. The van der Waals surface area contributed by atoms with Gasteiger partial charge in [0.25, 0.3) is 0 Å². The summed E-state index contributed by atoms with van der Waals surface area (Å²) in [6.07, 6.45) is -0.417. The fourth-order valence-corrected chi connectivity index (χ4v) is 3.08. The van der Waals surface area contributed by atoms with Gasteiger partial charge in [0.1, 0.15) is 18.7 Å². The largest absolute Gasteiger partial charge is 0.467 e. The predicted molar refractivity (Wildman–Crippen MR) is 117 cm³/mol. The number of benzene rings is 2. The smallest absolute Gasteiger partial charge is 0.408 e. The fraction of sp³-hybridized carbons (Fsp3) is 0.375. The minimum atomic E-state index is -0.873. The Balaban J connectivity index is 2.03. The number of esters is 1. The van der Waals surface area contributed by atoms with Crippen molar-refractivity contribution in [3.63, 3.8) is 0 Å². The molecule has 2 N–H and O–H groups in total. The lowest BCUT2D eigenvalue weighted by molar-refractivity contribution is -0.145. The Kier molecular flexibility index (Phi) is 9.06. The highest BCUT2D eigenvalue weighted by Crippen LogP contribution is 2.12. The standard InChI is InChI=1S/C24H30N2O5/c1-16(2)21(26-24(29)31-15-18-11-6-5-7-12-18)22(27)25-20(23(28)30-4)14-19-13-9-8-10-17(19)3/h5-13,16,20-21H,14-15H2,1-4H3,(H,25,27)(H,26,29)/t20-,21-/m1/s1. The Bertz CT molecular complexity index is 883. The van der Waals surface area contributed by atoms with Gasteiger partial charge >= 0.3 is 12.1 Å². The Hall–Kier alpha value is -3.35. The number of alkyl carbamates (subject to hydrolysis) is 1. The first-order chi connectivity index (χ1) is 14.8. The van der Waals surface area contributed by atoms with Crippen LogP contribution in [0.15, 0.2) is 54.6 Å². The number of carbonyl (C=O) groups excluding carboxylic acids is 3. The predicted octanol–water partition coefficient (Wildman–Crippen LogP) is 3.15. The molecule has 0 spiro atoms. The average molecular weight is 427 g/mol. The second-order valence-corrected chi connectivity index (χ2v) is 7.64. The first kappa shape index (κ1) is 23.9. The number of aryl methyl sites for hydroxylation is 1. The van der Waals surface area contributed by atoms with Gasteiger partial charge < -0.3 is 20.1 Å². The third-order valence-corrected chi connectivity index (χ3v) is 4.92. The van der Waals surface area contributed by atoms with Gasteiger partial charge in [0.05, 0.1) is 7.11 Å². The van der Waals surface area contributed by atoms with Crippen LogP contribution in [0.25, 0.3) is 0 Å². The zero-order chi connectivity index (χ0) is 22.8. The lowest BCUT2D eigenvalue weighted by Crippen LogP contribution is -2.54. The van der Waals surface area contributed by atoms with E-state index in [0.29, 0.717) is 0 Å². The molecular formula is C24H30N2O5. The summed E-state index contributed by atoms with van der Waals surface area (Å²) < 4.78 is 10.1. The van der Waals surface area contributed by atoms with Gasteiger partial charge in [-0.1, -0.05) is 68.4 Å². The van der Waals surface area contributed by atoms with Gasteiger partial charge in [-0.05, 0) is 29.5 Å². The molecule has 0 radical (unpaired) electrons. The topological polar surface area (TPSA) is 93.7 Å². The molecule has 0 aliphatic rings. The zero-order valence-electron chi connectivity index (χ0n) is 18.4. The minimum Gasteiger partial charge on any atom is -0.467 e. The molecule has 0 aromatic heterocycles. The van der Waals surface area contributed by atoms with Gasteiger partial charge in [-0.25, -0.2) is 9.59 Å². The van der Waals surface area contributed by atoms with Crippen molar-refractivity contribution in [3.8, 4) is 0 Å². The SMILES string of the molecule is COC(=O)[C@@H](Cc1ccccc1C)NC(=O)[C@H](NC(=O)OCc1ccccc1)C(C)C. The van der Waals surface area contributed by atoms with E-state index in [-0.39, 0.29) is 18.9 Å². The van der Waals surface area contributed by atoms with Crippen molar-refractivity contribution in [2.75, 3.05) is 7.11 Å². The quantitative estimate of drug-likeness (QED) is 0.601. The monoisotopic (exact) mass is 426 g/mol. The molecule has 2 rings (SSSR count). The fourth-order valence-electron chi connectivity index (χ4n) is 3.08. The Morgan fingerprint density at radius 1 is 0.935 bits per heavy atom. The first-order valence-corrected chi connectivity index (χ1v) is 10.2. The molecule has 0 fully saturated rings. The van der Waals surface area contributed by atoms with E-state index < -0.39 is 30.1 Å². The molecule has 0 saturated carbocycles. The molecule has 2 amide bonds. The van der Waals surface area contributed by atoms with Crippen LogP contribution in [-0.2, 0) is 32.1 Å². The molecule has 2 aromatic rings. The van der Waals surface area contributed by atoms with Crippen molar-refractivity contribution in [1.82, 2.24) is 10.6 Å². The summed E-state index contributed by atoms with van der Waals surface area (Å²) in [4.78, 5) is 37.4. The highest BCUT2D eigenvalue weighted by atomic mass is 16.5. The van der Waals surface area contributed by atoms with Crippen molar-refractivity contribution in [1.29, 1.82) is 0 Å². The molecule has 7 heteroatoms. The van der Waals surface area contributed by atoms with Crippen LogP contribution in [0.4, 0.5) is 4.79 Å². The van der Waals surface area contributed by atoms with E-state index in [9.17, 15) is 14.4 Å². The van der Waals surface area contributed by atoms with Gasteiger partial charge in [-0.15, -0.1) is 0 Å². The normalized spacial score (nSPS) is 12.5. The first-order valence-electron chi connectivity index (χ1n) is 10.2. The Morgan fingerprint density at radius 2 is 1.58 bits per heavy atom. The molecule has 0 saturated heterocycles. The van der Waals surface area contributed by atoms with E-state index in [2.05, 4.69) is 10.6 Å². The number of amides is 2. The van der Waals surface area contributed by atoms with Crippen LogP contribution in [-0.4, -0.2) is 37.2 Å². The summed E-state index contributed by atoms with van der Waals surface area (Å²) in [6, 6.07) is 15.1. The van der Waals surface area contributed by atoms with Gasteiger partial charge in [-0.2, -0.15) is 0 Å². The molecule has 0 aliphatic heterocycles. The summed E-state index contributed by atoms with van der Waals surface area (Å²) in [6.45, 7) is 5.64. The molecule has 0 heterocycles. The van der Waals surface area contributed by atoms with Gasteiger partial charge in [0.15, 0.2) is 0 Å². The van der Waals surface area contributed by atoms with Gasteiger partial charge in [0.2, 0.25) is 5.91 Å². The van der Waals surface area contributed by atoms with Crippen molar-refractivity contribution in [2.24, 2.45) is 5.92 Å². The van der Waals surface area contributed by atoms with Crippen LogP contribution in [0.2, 0.25) is 0 Å². The van der Waals surface area contributed by atoms with Crippen LogP contribution in [0.3, 0.4) is 0 Å². The number of hydrogen-bond acceptors (Lipinski definition) is 5. The summed E-state index contributed by atoms with van der Waals surface area (Å²) >= 11 is 0. The molecule has 31 heavy (non-hydrogen) atoms. The average Bonchev–Trinajstić information content (AvgIpc) is 2.76. The van der Waals surface area contributed by atoms with Gasteiger partial charge in [0, 0.05) is 6.42 Å². The maximum Gasteiger partial charge on any atom is 0.408 e. The number of nitrogens with one attached hydrogen (secondary N) is 2. The van der Waals surface area contributed by atoms with E-state index >= 15 is 0 Å². The van der Waals surface area contributed by atoms with Crippen LogP contribution in [0.5, 0.6) is 0 Å². The lowest BCUT2D eigenvalue weighted by atomic mass is 9.99. The Morgan fingerprint density at radius 3 is 2.19 bits per heavy atom. The maximum absolute atomic E-state index is 12.9. The maximum atomic E-state index is 12.9. The number of hydrogen-bond donors (Lipinski definition) is 2. The Labute approximate surface area is 183 Å². The van der Waals surface area contributed by atoms with E-state index in [1.54, 1.807) is 13.8 Å². The van der Waals surface area contributed by atoms with Crippen molar-refractivity contribution in [2.45, 2.75) is 45.9 Å². The lowest BCUT2D eigenvalue weighted by Gasteiger charge is -2.24. The number of ether oxygens (including phenoxy) is 2. The number of rotatable bonds is 9. The molecule has 0 unspecified atom stereocenters. The van der Waals surface area contributed by atoms with Crippen LogP contribution >= 0.6 is 0 Å². The number of methoxy groups -OCH3 is 1. The molecule has 0 bridgehead atoms. The van der Waals surface area contributed by atoms with Crippen LogP contribution in [0.1, 0.15) is 30.5 Å². The van der Waals surface area contributed by atoms with Crippen LogP contribution in [0, 0.1) is 12.8 Å². The summed E-state index contributed by atoms with van der Waals surface area (Å²) in [5.74, 6) is -1.25. The highest BCUT2D eigenvalue weighted by Gasteiger charge is 2.30. The third kappa shape index (κ3) is 7.44. The molecule has 2 aromatic carbocycles. The van der Waals surface area contributed by atoms with Gasteiger partial charge in [-0.3, -0.25) is 4.79 Å². The highest BCUT2D eigenvalue weighted by molar-refractivity contribution is 5.90. The minimum absolute atomic E-state index is 0.0944. The van der Waals surface area contributed by atoms with Crippen molar-refractivity contribution in [3.05, 3.63) is 71.3 Å². The van der Waals surface area contributed by atoms with E-state index in [0.717, 1.165) is 16.7 Å².